The molecule has 4 rings (SSSR count). The van der Waals surface area contributed by atoms with E-state index in [0.717, 1.165) is 51.3 Å². The molecule has 1 N–H and O–H groups in total. The molecule has 0 amide bonds. The van der Waals surface area contributed by atoms with Crippen LogP contribution in [0.1, 0.15) is 25.7 Å². The first-order chi connectivity index (χ1) is 8.21. The molecule has 4 aliphatic heterocycles. The van der Waals surface area contributed by atoms with Crippen LogP contribution in [0.15, 0.2) is 0 Å². The van der Waals surface area contributed by atoms with E-state index in [9.17, 15) is 0 Å². The number of hydrogen-bond acceptors (Lipinski definition) is 4. The SMILES string of the molecule is CN1C2CCC1CC1(C2)NCC2(COC2)CO1. The van der Waals surface area contributed by atoms with Crippen molar-refractivity contribution in [3.05, 3.63) is 0 Å². The second-order valence-corrected chi connectivity index (χ2v) is 6.59. The Bertz CT molecular complexity index is 303. The van der Waals surface area contributed by atoms with Gasteiger partial charge in [-0.1, -0.05) is 0 Å². The summed E-state index contributed by atoms with van der Waals surface area (Å²) in [5.41, 5.74) is 0.285. The summed E-state index contributed by atoms with van der Waals surface area (Å²) in [7, 11) is 2.28. The third-order valence-corrected chi connectivity index (χ3v) is 5.37. The largest absolute Gasteiger partial charge is 0.380 e. The normalized spacial score (nSPS) is 48.5. The van der Waals surface area contributed by atoms with E-state index in [4.69, 9.17) is 9.47 Å². The van der Waals surface area contributed by atoms with Crippen LogP contribution in [0.2, 0.25) is 0 Å². The molecular weight excluding hydrogens is 216 g/mol. The minimum absolute atomic E-state index is 0.0147. The summed E-state index contributed by atoms with van der Waals surface area (Å²) in [6, 6.07) is 1.46. The Balaban J connectivity index is 1.48. The van der Waals surface area contributed by atoms with Gasteiger partial charge in [0.15, 0.2) is 0 Å². The summed E-state index contributed by atoms with van der Waals surface area (Å²) < 4.78 is 11.6. The zero-order valence-electron chi connectivity index (χ0n) is 10.6. The first kappa shape index (κ1) is 10.7. The van der Waals surface area contributed by atoms with Crippen molar-refractivity contribution in [3.8, 4) is 0 Å². The Kier molecular flexibility index (Phi) is 2.17. The van der Waals surface area contributed by atoms with Gasteiger partial charge >= 0.3 is 0 Å². The van der Waals surface area contributed by atoms with Gasteiger partial charge in [0.25, 0.3) is 0 Å². The van der Waals surface area contributed by atoms with Gasteiger partial charge in [-0.3, -0.25) is 5.32 Å². The molecule has 4 heteroatoms. The van der Waals surface area contributed by atoms with Gasteiger partial charge in [0.2, 0.25) is 0 Å². The Morgan fingerprint density at radius 1 is 1.12 bits per heavy atom. The molecule has 96 valence electrons. The number of hydrogen-bond donors (Lipinski definition) is 1. The Morgan fingerprint density at radius 3 is 2.29 bits per heavy atom. The highest BCUT2D eigenvalue weighted by Crippen LogP contribution is 2.44. The summed E-state index contributed by atoms with van der Waals surface area (Å²) in [5, 5.41) is 3.72. The van der Waals surface area contributed by atoms with Crippen LogP contribution in [-0.4, -0.2) is 56.1 Å². The summed E-state index contributed by atoms with van der Waals surface area (Å²) in [6.07, 6.45) is 5.03. The van der Waals surface area contributed by atoms with Gasteiger partial charge in [-0.2, -0.15) is 0 Å². The maximum absolute atomic E-state index is 6.28. The van der Waals surface area contributed by atoms with Crippen LogP contribution in [0.25, 0.3) is 0 Å². The maximum Gasteiger partial charge on any atom is 0.122 e. The van der Waals surface area contributed by atoms with E-state index in [-0.39, 0.29) is 5.72 Å². The van der Waals surface area contributed by atoms with Crippen LogP contribution < -0.4 is 5.32 Å². The zero-order valence-corrected chi connectivity index (χ0v) is 10.6. The Labute approximate surface area is 103 Å². The van der Waals surface area contributed by atoms with Gasteiger partial charge in [0, 0.05) is 31.5 Å². The zero-order chi connectivity index (χ0) is 11.5. The minimum Gasteiger partial charge on any atom is -0.380 e. The lowest BCUT2D eigenvalue weighted by atomic mass is 9.82. The molecule has 4 saturated heterocycles. The number of nitrogens with one attached hydrogen (secondary N) is 1. The van der Waals surface area contributed by atoms with Crippen LogP contribution in [0.3, 0.4) is 0 Å². The maximum atomic E-state index is 6.28. The molecule has 0 radical (unpaired) electrons. The third kappa shape index (κ3) is 1.51. The minimum atomic E-state index is -0.0147. The first-order valence-electron chi connectivity index (χ1n) is 6.89. The lowest BCUT2D eigenvalue weighted by molar-refractivity contribution is -0.236. The van der Waals surface area contributed by atoms with E-state index in [0.29, 0.717) is 5.41 Å². The summed E-state index contributed by atoms with van der Waals surface area (Å²) in [4.78, 5) is 2.56. The molecular formula is C13H22N2O2. The average Bonchev–Trinajstić information content (AvgIpc) is 2.52. The highest BCUT2D eigenvalue weighted by Gasteiger charge is 2.53. The number of fused-ring (bicyclic) bond motifs is 2. The number of nitrogens with zero attached hydrogens (tertiary/aromatic N) is 1. The molecule has 4 heterocycles. The Hall–Kier alpha value is -0.160. The highest BCUT2D eigenvalue weighted by molar-refractivity contribution is 5.04. The van der Waals surface area contributed by atoms with E-state index < -0.39 is 0 Å². The van der Waals surface area contributed by atoms with Crippen LogP contribution in [-0.2, 0) is 9.47 Å². The monoisotopic (exact) mass is 238 g/mol. The summed E-state index contributed by atoms with van der Waals surface area (Å²) in [5.74, 6) is 0. The lowest BCUT2D eigenvalue weighted by Gasteiger charge is -2.54. The molecule has 4 fully saturated rings. The van der Waals surface area contributed by atoms with Gasteiger partial charge in [-0.25, -0.2) is 0 Å². The molecule has 0 aromatic carbocycles. The second kappa shape index (κ2) is 3.44. The van der Waals surface area contributed by atoms with Gasteiger partial charge in [0.05, 0.1) is 25.2 Å². The molecule has 2 atom stereocenters. The smallest absolute Gasteiger partial charge is 0.122 e. The van der Waals surface area contributed by atoms with Crippen LogP contribution in [0.5, 0.6) is 0 Å². The molecule has 2 unspecified atom stereocenters. The molecule has 0 saturated carbocycles. The molecule has 2 spiro atoms. The fourth-order valence-electron chi connectivity index (χ4n) is 4.01. The van der Waals surface area contributed by atoms with Crippen LogP contribution in [0, 0.1) is 5.41 Å². The molecule has 0 aromatic heterocycles. The van der Waals surface area contributed by atoms with E-state index in [1.807, 2.05) is 0 Å². The molecule has 0 aromatic rings. The van der Waals surface area contributed by atoms with Gasteiger partial charge < -0.3 is 14.4 Å². The lowest BCUT2D eigenvalue weighted by Crippen LogP contribution is -2.68. The summed E-state index contributed by atoms with van der Waals surface area (Å²) in [6.45, 7) is 3.73. The second-order valence-electron chi connectivity index (χ2n) is 6.59. The van der Waals surface area contributed by atoms with E-state index in [1.165, 1.54) is 12.8 Å². The van der Waals surface area contributed by atoms with Crippen LogP contribution in [0.4, 0.5) is 0 Å². The van der Waals surface area contributed by atoms with Crippen molar-refractivity contribution in [3.63, 3.8) is 0 Å². The quantitative estimate of drug-likeness (QED) is 0.669. The highest BCUT2D eigenvalue weighted by atomic mass is 16.5. The van der Waals surface area contributed by atoms with Gasteiger partial charge in [0.1, 0.15) is 5.72 Å². The van der Waals surface area contributed by atoms with Crippen molar-refractivity contribution in [2.45, 2.75) is 43.5 Å². The van der Waals surface area contributed by atoms with Crippen molar-refractivity contribution in [2.75, 3.05) is 33.4 Å². The van der Waals surface area contributed by atoms with Crippen molar-refractivity contribution in [1.29, 1.82) is 0 Å². The number of rotatable bonds is 0. The predicted molar refractivity (Wildman–Crippen MR) is 63.7 cm³/mol. The fraction of sp³-hybridized carbons (Fsp3) is 1.00. The molecule has 0 aliphatic carbocycles. The standard InChI is InChI=1S/C13H22N2O2/c1-15-10-2-3-11(15)5-13(4-10)14-6-12(9-17-13)7-16-8-12/h10-11,14H,2-9H2,1H3. The van der Waals surface area contributed by atoms with E-state index in [2.05, 4.69) is 17.3 Å². The van der Waals surface area contributed by atoms with Crippen molar-refractivity contribution in [1.82, 2.24) is 10.2 Å². The number of piperidine rings is 1. The fourth-order valence-corrected chi connectivity index (χ4v) is 4.01. The van der Waals surface area contributed by atoms with E-state index in [1.54, 1.807) is 0 Å². The van der Waals surface area contributed by atoms with Crippen molar-refractivity contribution < 1.29 is 9.47 Å². The number of ether oxygens (including phenoxy) is 2. The van der Waals surface area contributed by atoms with Gasteiger partial charge in [-0.15, -0.1) is 0 Å². The third-order valence-electron chi connectivity index (χ3n) is 5.37. The van der Waals surface area contributed by atoms with Crippen LogP contribution >= 0.6 is 0 Å². The van der Waals surface area contributed by atoms with Crippen molar-refractivity contribution in [2.24, 2.45) is 5.41 Å². The molecule has 2 bridgehead atoms. The van der Waals surface area contributed by atoms with Crippen molar-refractivity contribution >= 4 is 0 Å². The average molecular weight is 238 g/mol. The van der Waals surface area contributed by atoms with Gasteiger partial charge in [-0.05, 0) is 19.9 Å². The molecule has 4 aliphatic rings. The Morgan fingerprint density at radius 2 is 1.82 bits per heavy atom. The van der Waals surface area contributed by atoms with E-state index >= 15 is 0 Å². The summed E-state index contributed by atoms with van der Waals surface area (Å²) >= 11 is 0. The molecule has 17 heavy (non-hydrogen) atoms. The predicted octanol–water partition coefficient (Wildman–Crippen LogP) is 0.576. The first-order valence-corrected chi connectivity index (χ1v) is 6.89. The molecule has 4 nitrogen and oxygen atoms in total. The topological polar surface area (TPSA) is 33.7 Å².